The van der Waals surface area contributed by atoms with Gasteiger partial charge >= 0.3 is 5.97 Å². The molecule has 2 heterocycles. The molecule has 1 fully saturated rings. The van der Waals surface area contributed by atoms with Gasteiger partial charge in [-0.15, -0.1) is 0 Å². The van der Waals surface area contributed by atoms with Crippen LogP contribution in [0, 0.1) is 0 Å². The number of carbonyl (C=O) groups is 1. The molecule has 4 nitrogen and oxygen atoms in total. The van der Waals surface area contributed by atoms with Crippen LogP contribution in [0.25, 0.3) is 11.1 Å². The number of hydrogen-bond donors (Lipinski definition) is 1. The molecule has 1 aromatic heterocycles. The molecule has 1 aliphatic heterocycles. The quantitative estimate of drug-likeness (QED) is 0.922. The van der Waals surface area contributed by atoms with Gasteiger partial charge in [0, 0.05) is 36.0 Å². The van der Waals surface area contributed by atoms with E-state index in [4.69, 9.17) is 5.11 Å². The highest BCUT2D eigenvalue weighted by Gasteiger charge is 2.23. The zero-order valence-electron chi connectivity index (χ0n) is 14.3. The van der Waals surface area contributed by atoms with E-state index in [2.05, 4.69) is 35.9 Å². The summed E-state index contributed by atoms with van der Waals surface area (Å²) in [6, 6.07) is 11.7. The van der Waals surface area contributed by atoms with Crippen molar-refractivity contribution >= 4 is 5.97 Å². The summed E-state index contributed by atoms with van der Waals surface area (Å²) in [5.41, 5.74) is 3.29. The maximum Gasteiger partial charge on any atom is 0.335 e. The second-order valence-electron chi connectivity index (χ2n) is 6.79. The van der Waals surface area contributed by atoms with Gasteiger partial charge in [0.05, 0.1) is 5.56 Å². The standard InChI is InChI=1S/C20H24N2O2/c1-14(2)22-10-4-7-18(13-22)19-9-8-17(12-21-19)15-5-3-6-16(11-15)20(23)24/h3,5-6,8-9,11-12,14,18H,4,7,10,13H2,1-2H3,(H,23,24)/t18-/m0/s1. The van der Waals surface area contributed by atoms with Crippen molar-refractivity contribution in [1.82, 2.24) is 9.88 Å². The average Bonchev–Trinajstić information content (AvgIpc) is 2.62. The predicted molar refractivity (Wildman–Crippen MR) is 95.3 cm³/mol. The van der Waals surface area contributed by atoms with Crippen LogP contribution in [0.5, 0.6) is 0 Å². The summed E-state index contributed by atoms with van der Waals surface area (Å²) in [5.74, 6) is -0.419. The highest BCUT2D eigenvalue weighted by molar-refractivity contribution is 5.89. The Morgan fingerprint density at radius 2 is 2.08 bits per heavy atom. The minimum absolute atomic E-state index is 0.302. The van der Waals surface area contributed by atoms with Gasteiger partial charge in [0.1, 0.15) is 0 Å². The number of aromatic nitrogens is 1. The lowest BCUT2D eigenvalue weighted by Gasteiger charge is -2.35. The number of pyridine rings is 1. The van der Waals surface area contributed by atoms with Crippen molar-refractivity contribution in [2.75, 3.05) is 13.1 Å². The molecule has 0 unspecified atom stereocenters. The first kappa shape index (κ1) is 16.7. The van der Waals surface area contributed by atoms with Crippen LogP contribution in [-0.2, 0) is 0 Å². The highest BCUT2D eigenvalue weighted by atomic mass is 16.4. The van der Waals surface area contributed by atoms with Gasteiger partial charge in [-0.2, -0.15) is 0 Å². The van der Waals surface area contributed by atoms with Crippen LogP contribution < -0.4 is 0 Å². The Bertz CT molecular complexity index is 710. The summed E-state index contributed by atoms with van der Waals surface area (Å²) < 4.78 is 0. The summed E-state index contributed by atoms with van der Waals surface area (Å²) >= 11 is 0. The molecule has 3 rings (SSSR count). The summed E-state index contributed by atoms with van der Waals surface area (Å²) in [6.07, 6.45) is 4.27. The Morgan fingerprint density at radius 1 is 1.25 bits per heavy atom. The van der Waals surface area contributed by atoms with Crippen LogP contribution >= 0.6 is 0 Å². The van der Waals surface area contributed by atoms with Crippen molar-refractivity contribution in [3.8, 4) is 11.1 Å². The van der Waals surface area contributed by atoms with Crippen molar-refractivity contribution in [2.45, 2.75) is 38.6 Å². The zero-order chi connectivity index (χ0) is 17.1. The van der Waals surface area contributed by atoms with Crippen LogP contribution in [0.4, 0.5) is 0 Å². The maximum atomic E-state index is 11.1. The maximum absolute atomic E-state index is 11.1. The molecule has 0 amide bonds. The van der Waals surface area contributed by atoms with Gasteiger partial charge < -0.3 is 10.0 Å². The normalized spacial score (nSPS) is 18.7. The summed E-state index contributed by atoms with van der Waals surface area (Å²) in [5, 5.41) is 9.12. The first-order chi connectivity index (χ1) is 11.5. The lowest BCUT2D eigenvalue weighted by Crippen LogP contribution is -2.39. The van der Waals surface area contributed by atoms with E-state index in [9.17, 15) is 4.79 Å². The largest absolute Gasteiger partial charge is 0.478 e. The second kappa shape index (κ2) is 7.14. The molecule has 0 aliphatic carbocycles. The van der Waals surface area contributed by atoms with Gasteiger partial charge in [-0.3, -0.25) is 4.98 Å². The van der Waals surface area contributed by atoms with Gasteiger partial charge in [0.15, 0.2) is 0 Å². The predicted octanol–water partition coefficient (Wildman–Crippen LogP) is 4.03. The Morgan fingerprint density at radius 3 is 2.75 bits per heavy atom. The summed E-state index contributed by atoms with van der Waals surface area (Å²) in [6.45, 7) is 6.73. The molecule has 1 N–H and O–H groups in total. The fourth-order valence-corrected chi connectivity index (χ4v) is 3.37. The number of carboxylic acid groups (broad SMARTS) is 1. The van der Waals surface area contributed by atoms with E-state index < -0.39 is 5.97 Å². The Labute approximate surface area is 143 Å². The number of carboxylic acids is 1. The summed E-state index contributed by atoms with van der Waals surface area (Å²) in [7, 11) is 0. The van der Waals surface area contributed by atoms with E-state index in [0.29, 0.717) is 17.5 Å². The number of aromatic carboxylic acids is 1. The third-order valence-corrected chi connectivity index (χ3v) is 4.83. The molecule has 1 aromatic carbocycles. The fraction of sp³-hybridized carbons (Fsp3) is 0.400. The molecule has 0 spiro atoms. The van der Waals surface area contributed by atoms with E-state index in [1.54, 1.807) is 18.2 Å². The number of nitrogens with zero attached hydrogens (tertiary/aromatic N) is 2. The lowest BCUT2D eigenvalue weighted by atomic mass is 9.93. The average molecular weight is 324 g/mol. The molecule has 0 radical (unpaired) electrons. The molecular formula is C20H24N2O2. The van der Waals surface area contributed by atoms with E-state index in [0.717, 1.165) is 23.4 Å². The molecule has 0 bridgehead atoms. The molecule has 1 aliphatic rings. The number of piperidine rings is 1. The van der Waals surface area contributed by atoms with E-state index in [1.807, 2.05) is 12.3 Å². The molecule has 4 heteroatoms. The zero-order valence-corrected chi connectivity index (χ0v) is 14.3. The van der Waals surface area contributed by atoms with Crippen LogP contribution in [0.2, 0.25) is 0 Å². The van der Waals surface area contributed by atoms with Crippen LogP contribution in [0.1, 0.15) is 48.7 Å². The van der Waals surface area contributed by atoms with Crippen LogP contribution in [0.3, 0.4) is 0 Å². The van der Waals surface area contributed by atoms with Crippen LogP contribution in [-0.4, -0.2) is 40.1 Å². The van der Waals surface area contributed by atoms with Crippen molar-refractivity contribution in [1.29, 1.82) is 0 Å². The fourth-order valence-electron chi connectivity index (χ4n) is 3.37. The third kappa shape index (κ3) is 3.65. The van der Waals surface area contributed by atoms with E-state index in [-0.39, 0.29) is 0 Å². The topological polar surface area (TPSA) is 53.4 Å². The molecule has 126 valence electrons. The lowest BCUT2D eigenvalue weighted by molar-refractivity contribution is 0.0697. The van der Waals surface area contributed by atoms with Crippen molar-refractivity contribution < 1.29 is 9.90 Å². The van der Waals surface area contributed by atoms with Crippen molar-refractivity contribution in [3.63, 3.8) is 0 Å². The molecule has 1 saturated heterocycles. The number of hydrogen-bond acceptors (Lipinski definition) is 3. The highest BCUT2D eigenvalue weighted by Crippen LogP contribution is 2.28. The number of likely N-dealkylation sites (tertiary alicyclic amines) is 1. The van der Waals surface area contributed by atoms with Gasteiger partial charge in [0.2, 0.25) is 0 Å². The minimum atomic E-state index is -0.905. The van der Waals surface area contributed by atoms with Gasteiger partial charge in [-0.1, -0.05) is 18.2 Å². The molecule has 0 saturated carbocycles. The molecule has 2 aromatic rings. The second-order valence-corrected chi connectivity index (χ2v) is 6.79. The molecule has 1 atom stereocenters. The Kier molecular flexibility index (Phi) is 4.95. The minimum Gasteiger partial charge on any atom is -0.478 e. The Hall–Kier alpha value is -2.20. The number of rotatable bonds is 4. The van der Waals surface area contributed by atoms with Gasteiger partial charge in [0.25, 0.3) is 0 Å². The monoisotopic (exact) mass is 324 g/mol. The summed E-state index contributed by atoms with van der Waals surface area (Å²) in [4.78, 5) is 18.3. The SMILES string of the molecule is CC(C)N1CCC[C@H](c2ccc(-c3cccc(C(=O)O)c3)cn2)C1. The number of benzene rings is 1. The molecule has 24 heavy (non-hydrogen) atoms. The first-order valence-electron chi connectivity index (χ1n) is 8.58. The Balaban J connectivity index is 1.78. The first-order valence-corrected chi connectivity index (χ1v) is 8.58. The van der Waals surface area contributed by atoms with E-state index in [1.165, 1.54) is 19.4 Å². The smallest absolute Gasteiger partial charge is 0.335 e. The molecular weight excluding hydrogens is 300 g/mol. The van der Waals surface area contributed by atoms with Crippen LogP contribution in [0.15, 0.2) is 42.6 Å². The van der Waals surface area contributed by atoms with Crippen molar-refractivity contribution in [3.05, 3.63) is 53.9 Å². The van der Waals surface area contributed by atoms with Gasteiger partial charge in [-0.05, 0) is 57.0 Å². The van der Waals surface area contributed by atoms with Gasteiger partial charge in [-0.25, -0.2) is 4.79 Å². The van der Waals surface area contributed by atoms with E-state index >= 15 is 0 Å². The third-order valence-electron chi connectivity index (χ3n) is 4.83. The van der Waals surface area contributed by atoms with Crippen molar-refractivity contribution in [2.24, 2.45) is 0 Å².